The fourth-order valence-corrected chi connectivity index (χ4v) is 1.00. The fourth-order valence-electron chi connectivity index (χ4n) is 1.00. The van der Waals surface area contributed by atoms with E-state index in [1.165, 1.54) is 0 Å². The molecule has 0 aliphatic heterocycles. The summed E-state index contributed by atoms with van der Waals surface area (Å²) in [5.41, 5.74) is 4.30. The molecule has 0 atom stereocenters. The third-order valence-corrected chi connectivity index (χ3v) is 1.63. The molecular formula is C5H3N5O4. The molecule has 0 aliphatic rings. The van der Waals surface area contributed by atoms with E-state index in [2.05, 4.69) is 14.8 Å². The van der Waals surface area contributed by atoms with Crippen LogP contribution in [0.25, 0.3) is 11.2 Å². The number of pyridine rings is 1. The van der Waals surface area contributed by atoms with Crippen molar-refractivity contribution in [1.29, 1.82) is 0 Å². The number of fused-ring (bicyclic) bond motifs is 1. The average molecular weight is 197 g/mol. The summed E-state index contributed by atoms with van der Waals surface area (Å²) in [7, 11) is 0. The Morgan fingerprint density at radius 1 is 1.64 bits per heavy atom. The smallest absolute Gasteiger partial charge is 0.343 e. The maximum atomic E-state index is 10.9. The summed E-state index contributed by atoms with van der Waals surface area (Å²) in [6, 6.07) is 0. The van der Waals surface area contributed by atoms with E-state index in [0.717, 1.165) is 6.20 Å². The minimum absolute atomic E-state index is 0.0231. The van der Waals surface area contributed by atoms with Crippen molar-refractivity contribution in [3.63, 3.8) is 0 Å². The van der Waals surface area contributed by atoms with Gasteiger partial charge in [0.25, 0.3) is 5.52 Å². The van der Waals surface area contributed by atoms with E-state index in [9.17, 15) is 15.3 Å². The molecule has 2 N–H and O–H groups in total. The molecule has 0 bridgehead atoms. The summed E-state index contributed by atoms with van der Waals surface area (Å²) in [5.74, 6) is 0. The van der Waals surface area contributed by atoms with E-state index in [-0.39, 0.29) is 21.8 Å². The van der Waals surface area contributed by atoms with Crippen molar-refractivity contribution in [2.24, 2.45) is 0 Å². The molecule has 0 amide bonds. The van der Waals surface area contributed by atoms with E-state index in [1.807, 2.05) is 0 Å². The van der Waals surface area contributed by atoms with Crippen molar-refractivity contribution < 1.29 is 14.5 Å². The lowest BCUT2D eigenvalue weighted by Gasteiger charge is -1.94. The van der Waals surface area contributed by atoms with E-state index in [4.69, 9.17) is 5.73 Å². The van der Waals surface area contributed by atoms with Crippen LogP contribution in [0.4, 0.5) is 11.4 Å². The summed E-state index contributed by atoms with van der Waals surface area (Å²) in [6.45, 7) is 0. The van der Waals surface area contributed by atoms with Crippen LogP contribution in [-0.2, 0) is 0 Å². The molecule has 9 heteroatoms. The van der Waals surface area contributed by atoms with Gasteiger partial charge in [0.15, 0.2) is 5.69 Å². The van der Waals surface area contributed by atoms with Gasteiger partial charge in [-0.2, -0.15) is 0 Å². The Kier molecular flexibility index (Phi) is 1.47. The fraction of sp³-hybridized carbons (Fsp3) is 0. The molecule has 0 saturated carbocycles. The second-order valence-electron chi connectivity index (χ2n) is 2.42. The Morgan fingerprint density at radius 3 is 3.00 bits per heavy atom. The first kappa shape index (κ1) is 8.16. The van der Waals surface area contributed by atoms with E-state index >= 15 is 0 Å². The van der Waals surface area contributed by atoms with Gasteiger partial charge in [0, 0.05) is 0 Å². The molecule has 0 radical (unpaired) electrons. The molecule has 2 rings (SSSR count). The molecule has 0 fully saturated rings. The molecule has 0 spiro atoms. The zero-order chi connectivity index (χ0) is 10.3. The number of hydrogen-bond donors (Lipinski definition) is 1. The topological polar surface area (TPSA) is 135 Å². The maximum absolute atomic E-state index is 10.9. The molecule has 72 valence electrons. The molecule has 2 heterocycles. The second kappa shape index (κ2) is 2.52. The van der Waals surface area contributed by atoms with E-state index in [0.29, 0.717) is 0 Å². The van der Waals surface area contributed by atoms with Crippen molar-refractivity contribution in [3.05, 3.63) is 21.5 Å². The van der Waals surface area contributed by atoms with Crippen LogP contribution in [0.1, 0.15) is 0 Å². The number of nitrogen functional groups attached to an aromatic ring is 1. The third kappa shape index (κ3) is 0.920. The highest BCUT2D eigenvalue weighted by atomic mass is 16.8. The van der Waals surface area contributed by atoms with Crippen LogP contribution in [0.15, 0.2) is 10.8 Å². The molecule has 14 heavy (non-hydrogen) atoms. The van der Waals surface area contributed by atoms with Crippen molar-refractivity contribution in [2.75, 3.05) is 5.73 Å². The Hall–Kier alpha value is -2.45. The standard InChI is InChI=1S/C5H3N5O4/c6-3-2(9(11)12)1-7-5-4(3)10(13)14-8-5/h1H,6H2. The normalized spacial score (nSPS) is 10.6. The van der Waals surface area contributed by atoms with Crippen LogP contribution in [-0.4, -0.2) is 15.1 Å². The Morgan fingerprint density at radius 2 is 2.36 bits per heavy atom. The Labute approximate surface area is 75.4 Å². The van der Waals surface area contributed by atoms with Crippen molar-refractivity contribution in [3.8, 4) is 0 Å². The number of anilines is 1. The van der Waals surface area contributed by atoms with Crippen molar-refractivity contribution >= 4 is 22.5 Å². The quantitative estimate of drug-likeness (QED) is 0.364. The molecule has 2 aromatic rings. The minimum Gasteiger partial charge on any atom is -0.389 e. The lowest BCUT2D eigenvalue weighted by molar-refractivity contribution is -0.782. The molecule has 2 aromatic heterocycles. The van der Waals surface area contributed by atoms with Gasteiger partial charge in [-0.05, 0) is 4.90 Å². The number of aromatic nitrogens is 3. The van der Waals surface area contributed by atoms with Gasteiger partial charge < -0.3 is 10.9 Å². The molecule has 9 nitrogen and oxygen atoms in total. The van der Waals surface area contributed by atoms with Crippen LogP contribution in [0, 0.1) is 15.3 Å². The van der Waals surface area contributed by atoms with Gasteiger partial charge in [0.1, 0.15) is 6.20 Å². The first-order chi connectivity index (χ1) is 6.61. The van der Waals surface area contributed by atoms with E-state index in [1.54, 1.807) is 0 Å². The van der Waals surface area contributed by atoms with Crippen LogP contribution < -0.4 is 10.6 Å². The largest absolute Gasteiger partial charge is 0.389 e. The summed E-state index contributed by atoms with van der Waals surface area (Å²) in [4.78, 5) is 13.2. The number of hydrogen-bond acceptors (Lipinski definition) is 7. The SMILES string of the molecule is Nc1c([N+](=O)[O-])cnc2no[n+]([O-])c12. The number of nitrogens with two attached hydrogens (primary N) is 1. The third-order valence-electron chi connectivity index (χ3n) is 1.63. The summed E-state index contributed by atoms with van der Waals surface area (Å²) >= 11 is 0. The highest BCUT2D eigenvalue weighted by Gasteiger charge is 2.23. The van der Waals surface area contributed by atoms with Gasteiger partial charge in [-0.25, -0.2) is 4.98 Å². The van der Waals surface area contributed by atoms with Crippen molar-refractivity contribution in [1.82, 2.24) is 10.1 Å². The highest BCUT2D eigenvalue weighted by Crippen LogP contribution is 2.24. The van der Waals surface area contributed by atoms with Crippen LogP contribution in [0.5, 0.6) is 0 Å². The molecule has 0 unspecified atom stereocenters. The first-order valence-corrected chi connectivity index (χ1v) is 3.39. The second-order valence-corrected chi connectivity index (χ2v) is 2.42. The van der Waals surface area contributed by atoms with Gasteiger partial charge in [-0.3, -0.25) is 14.7 Å². The average Bonchev–Trinajstić information content (AvgIpc) is 2.48. The van der Waals surface area contributed by atoms with E-state index < -0.39 is 10.6 Å². The van der Waals surface area contributed by atoms with Gasteiger partial charge in [0.2, 0.25) is 0 Å². The van der Waals surface area contributed by atoms with Crippen LogP contribution in [0.2, 0.25) is 0 Å². The van der Waals surface area contributed by atoms with Gasteiger partial charge in [-0.15, -0.1) is 0 Å². The molecule has 0 saturated heterocycles. The molecule has 0 aromatic carbocycles. The van der Waals surface area contributed by atoms with Crippen LogP contribution in [0.3, 0.4) is 0 Å². The molecule has 0 aliphatic carbocycles. The highest BCUT2D eigenvalue weighted by molar-refractivity contribution is 5.85. The predicted octanol–water partition coefficient (Wildman–Crippen LogP) is -0.653. The number of rotatable bonds is 1. The zero-order valence-electron chi connectivity index (χ0n) is 6.58. The Bertz CT molecular complexity index is 520. The predicted molar refractivity (Wildman–Crippen MR) is 41.8 cm³/mol. The zero-order valence-corrected chi connectivity index (χ0v) is 6.58. The monoisotopic (exact) mass is 197 g/mol. The number of nitro groups is 1. The number of nitrogens with zero attached hydrogens (tertiary/aromatic N) is 4. The summed E-state index contributed by atoms with van der Waals surface area (Å²) < 4.78 is 4.18. The molecular weight excluding hydrogens is 194 g/mol. The minimum atomic E-state index is -0.741. The van der Waals surface area contributed by atoms with Gasteiger partial charge >= 0.3 is 11.3 Å². The summed E-state index contributed by atoms with van der Waals surface area (Å²) in [6.07, 6.45) is 0.917. The lowest BCUT2D eigenvalue weighted by atomic mass is 10.3. The van der Waals surface area contributed by atoms with Gasteiger partial charge in [-0.1, -0.05) is 0 Å². The van der Waals surface area contributed by atoms with Crippen molar-refractivity contribution in [2.45, 2.75) is 0 Å². The van der Waals surface area contributed by atoms with Gasteiger partial charge in [0.05, 0.1) is 10.1 Å². The van der Waals surface area contributed by atoms with Crippen LogP contribution >= 0.6 is 0 Å². The maximum Gasteiger partial charge on any atom is 0.343 e. The Balaban J connectivity index is 2.86. The lowest BCUT2D eigenvalue weighted by Crippen LogP contribution is -2.24. The first-order valence-electron chi connectivity index (χ1n) is 3.39. The summed E-state index contributed by atoms with van der Waals surface area (Å²) in [5, 5.41) is 24.6.